The van der Waals surface area contributed by atoms with Crippen molar-refractivity contribution >= 4 is 0 Å². The zero-order chi connectivity index (χ0) is 12.8. The minimum Gasteiger partial charge on any atom is -0.491 e. The molecule has 0 aliphatic rings. The smallest absolute Gasteiger partial charge is 0.120 e. The van der Waals surface area contributed by atoms with Crippen molar-refractivity contribution in [1.82, 2.24) is 0 Å². The molecule has 0 fully saturated rings. The molecule has 0 spiro atoms. The summed E-state index contributed by atoms with van der Waals surface area (Å²) in [5.41, 5.74) is 7.48. The van der Waals surface area contributed by atoms with E-state index in [1.54, 1.807) is 0 Å². The first-order valence-corrected chi connectivity index (χ1v) is 6.60. The Morgan fingerprint density at radius 2 is 1.82 bits per heavy atom. The van der Waals surface area contributed by atoms with E-state index in [0.29, 0.717) is 5.92 Å². The molecule has 1 aromatic carbocycles. The van der Waals surface area contributed by atoms with E-state index in [4.69, 9.17) is 10.5 Å². The first-order chi connectivity index (χ1) is 8.08. The highest BCUT2D eigenvalue weighted by Gasteiger charge is 2.16. The summed E-state index contributed by atoms with van der Waals surface area (Å²) in [6.07, 6.45) is 2.44. The van der Waals surface area contributed by atoms with Crippen LogP contribution in [0.4, 0.5) is 0 Å². The number of nitrogens with two attached hydrogens (primary N) is 1. The first-order valence-electron chi connectivity index (χ1n) is 6.60. The van der Waals surface area contributed by atoms with Gasteiger partial charge >= 0.3 is 0 Å². The van der Waals surface area contributed by atoms with E-state index in [0.717, 1.165) is 18.6 Å². The molecule has 17 heavy (non-hydrogen) atoms. The second kappa shape index (κ2) is 6.65. The van der Waals surface area contributed by atoms with Crippen LogP contribution in [0.2, 0.25) is 0 Å². The zero-order valence-corrected chi connectivity index (χ0v) is 11.4. The van der Waals surface area contributed by atoms with Crippen LogP contribution in [0.25, 0.3) is 0 Å². The van der Waals surface area contributed by atoms with Gasteiger partial charge in [-0.1, -0.05) is 38.8 Å². The van der Waals surface area contributed by atoms with E-state index < -0.39 is 0 Å². The van der Waals surface area contributed by atoms with Gasteiger partial charge in [0, 0.05) is 6.04 Å². The van der Waals surface area contributed by atoms with Crippen LogP contribution in [0, 0.1) is 5.92 Å². The molecule has 96 valence electrons. The van der Waals surface area contributed by atoms with E-state index in [1.165, 1.54) is 5.56 Å². The van der Waals surface area contributed by atoms with E-state index in [-0.39, 0.29) is 12.1 Å². The molecule has 2 nitrogen and oxygen atoms in total. The van der Waals surface area contributed by atoms with Crippen LogP contribution in [-0.2, 0) is 0 Å². The predicted molar refractivity (Wildman–Crippen MR) is 73.2 cm³/mol. The SMILES string of the molecule is CCC(CC)C(N)c1cccc(OC(C)C)c1. The molecule has 0 saturated heterocycles. The number of ether oxygens (including phenoxy) is 1. The molecular formula is C15H25NO. The van der Waals surface area contributed by atoms with Gasteiger partial charge in [0.2, 0.25) is 0 Å². The van der Waals surface area contributed by atoms with Crippen molar-refractivity contribution in [3.63, 3.8) is 0 Å². The summed E-state index contributed by atoms with van der Waals surface area (Å²) in [4.78, 5) is 0. The van der Waals surface area contributed by atoms with E-state index in [1.807, 2.05) is 26.0 Å². The maximum Gasteiger partial charge on any atom is 0.120 e. The average Bonchev–Trinajstić information content (AvgIpc) is 2.30. The second-order valence-electron chi connectivity index (χ2n) is 4.84. The third kappa shape index (κ3) is 4.04. The molecule has 1 aromatic rings. The van der Waals surface area contributed by atoms with Crippen LogP contribution < -0.4 is 10.5 Å². The molecule has 2 heteroatoms. The maximum absolute atomic E-state index is 6.30. The standard InChI is InChI=1S/C15H25NO/c1-5-12(6-2)15(16)13-8-7-9-14(10-13)17-11(3)4/h7-12,15H,5-6,16H2,1-4H3. The van der Waals surface area contributed by atoms with Gasteiger partial charge < -0.3 is 10.5 Å². The van der Waals surface area contributed by atoms with Crippen LogP contribution in [0.1, 0.15) is 52.1 Å². The highest BCUT2D eigenvalue weighted by Crippen LogP contribution is 2.27. The van der Waals surface area contributed by atoms with E-state index >= 15 is 0 Å². The van der Waals surface area contributed by atoms with Gasteiger partial charge in [-0.25, -0.2) is 0 Å². The highest BCUT2D eigenvalue weighted by molar-refractivity contribution is 5.30. The van der Waals surface area contributed by atoms with Crippen molar-refractivity contribution in [2.24, 2.45) is 11.7 Å². The van der Waals surface area contributed by atoms with Crippen molar-refractivity contribution < 1.29 is 4.74 Å². The van der Waals surface area contributed by atoms with Crippen LogP contribution in [0.5, 0.6) is 5.75 Å². The van der Waals surface area contributed by atoms with Gasteiger partial charge in [0.1, 0.15) is 5.75 Å². The highest BCUT2D eigenvalue weighted by atomic mass is 16.5. The Morgan fingerprint density at radius 1 is 1.18 bits per heavy atom. The number of rotatable bonds is 6. The Hall–Kier alpha value is -1.02. The summed E-state index contributed by atoms with van der Waals surface area (Å²) in [5.74, 6) is 1.46. The monoisotopic (exact) mass is 235 g/mol. The largest absolute Gasteiger partial charge is 0.491 e. The van der Waals surface area contributed by atoms with Crippen molar-refractivity contribution in [2.75, 3.05) is 0 Å². The van der Waals surface area contributed by atoms with Gasteiger partial charge in [-0.3, -0.25) is 0 Å². The molecule has 0 saturated carbocycles. The Labute approximate surface area is 105 Å². The van der Waals surface area contributed by atoms with Gasteiger partial charge in [-0.2, -0.15) is 0 Å². The van der Waals surface area contributed by atoms with Crippen LogP contribution >= 0.6 is 0 Å². The summed E-state index contributed by atoms with van der Waals surface area (Å²) in [6, 6.07) is 8.29. The topological polar surface area (TPSA) is 35.2 Å². The average molecular weight is 235 g/mol. The minimum absolute atomic E-state index is 0.112. The Balaban J connectivity index is 2.83. The van der Waals surface area contributed by atoms with Crippen LogP contribution in [-0.4, -0.2) is 6.10 Å². The summed E-state index contributed by atoms with van der Waals surface area (Å²) in [5, 5.41) is 0. The molecule has 1 rings (SSSR count). The summed E-state index contributed by atoms with van der Waals surface area (Å²) < 4.78 is 5.70. The quantitative estimate of drug-likeness (QED) is 0.811. The molecule has 0 amide bonds. The lowest BCUT2D eigenvalue weighted by Gasteiger charge is -2.22. The third-order valence-electron chi connectivity index (χ3n) is 3.17. The lowest BCUT2D eigenvalue weighted by molar-refractivity contribution is 0.242. The molecule has 0 bridgehead atoms. The van der Waals surface area contributed by atoms with Crippen molar-refractivity contribution in [2.45, 2.75) is 52.7 Å². The fourth-order valence-electron chi connectivity index (χ4n) is 2.14. The maximum atomic E-state index is 6.30. The molecule has 0 aromatic heterocycles. The molecule has 1 unspecified atom stereocenters. The lowest BCUT2D eigenvalue weighted by atomic mass is 9.89. The Morgan fingerprint density at radius 3 is 2.35 bits per heavy atom. The minimum atomic E-state index is 0.112. The van der Waals surface area contributed by atoms with Crippen molar-refractivity contribution in [3.8, 4) is 5.75 Å². The summed E-state index contributed by atoms with van der Waals surface area (Å²) >= 11 is 0. The second-order valence-corrected chi connectivity index (χ2v) is 4.84. The van der Waals surface area contributed by atoms with Gasteiger partial charge in [0.15, 0.2) is 0 Å². The number of hydrogen-bond acceptors (Lipinski definition) is 2. The number of hydrogen-bond donors (Lipinski definition) is 1. The fraction of sp³-hybridized carbons (Fsp3) is 0.600. The fourth-order valence-corrected chi connectivity index (χ4v) is 2.14. The van der Waals surface area contributed by atoms with Crippen LogP contribution in [0.3, 0.4) is 0 Å². The Bertz CT molecular complexity index is 331. The first kappa shape index (κ1) is 14.0. The van der Waals surface area contributed by atoms with Crippen LogP contribution in [0.15, 0.2) is 24.3 Å². The molecule has 0 aliphatic heterocycles. The summed E-state index contributed by atoms with van der Waals surface area (Å²) in [7, 11) is 0. The van der Waals surface area contributed by atoms with Crippen molar-refractivity contribution in [3.05, 3.63) is 29.8 Å². The molecule has 1 atom stereocenters. The zero-order valence-electron chi connectivity index (χ0n) is 11.4. The molecule has 0 radical (unpaired) electrons. The third-order valence-corrected chi connectivity index (χ3v) is 3.17. The molecule has 0 aliphatic carbocycles. The normalized spacial score (nSPS) is 13.1. The lowest BCUT2D eigenvalue weighted by Crippen LogP contribution is -2.20. The van der Waals surface area contributed by atoms with Gasteiger partial charge in [0.05, 0.1) is 6.10 Å². The van der Waals surface area contributed by atoms with Gasteiger partial charge in [-0.05, 0) is 37.5 Å². The molecule has 0 heterocycles. The van der Waals surface area contributed by atoms with Gasteiger partial charge in [0.25, 0.3) is 0 Å². The van der Waals surface area contributed by atoms with Gasteiger partial charge in [-0.15, -0.1) is 0 Å². The Kier molecular flexibility index (Phi) is 5.49. The van der Waals surface area contributed by atoms with Crippen molar-refractivity contribution in [1.29, 1.82) is 0 Å². The number of benzene rings is 1. The van der Waals surface area contributed by atoms with E-state index in [9.17, 15) is 0 Å². The van der Waals surface area contributed by atoms with E-state index in [2.05, 4.69) is 26.0 Å². The summed E-state index contributed by atoms with van der Waals surface area (Å²) in [6.45, 7) is 8.46. The molecule has 2 N–H and O–H groups in total. The predicted octanol–water partition coefficient (Wildman–Crippen LogP) is 3.91. The molecular weight excluding hydrogens is 210 g/mol.